The number of Topliss-reactive ketones (excluding diaryl/α,β-unsaturated/α-hetero) is 1. The van der Waals surface area contributed by atoms with Gasteiger partial charge in [0.1, 0.15) is 16.5 Å². The number of hydrogen-bond donors (Lipinski definition) is 3. The zero-order valence-corrected chi connectivity index (χ0v) is 20.0. The Balaban J connectivity index is 1.54. The fourth-order valence-corrected chi connectivity index (χ4v) is 5.05. The molecule has 8 nitrogen and oxygen atoms in total. The fraction of sp³-hybridized carbons (Fsp3) is 0.333. The number of hydrogen-bond acceptors (Lipinski definition) is 6. The Labute approximate surface area is 203 Å². The lowest BCUT2D eigenvalue weighted by Crippen LogP contribution is -2.59. The van der Waals surface area contributed by atoms with Gasteiger partial charge in [-0.1, -0.05) is 42.5 Å². The summed E-state index contributed by atoms with van der Waals surface area (Å²) in [5.74, 6) is 0.556. The molecule has 0 bridgehead atoms. The molecule has 0 radical (unpaired) electrons. The second-order valence-corrected chi connectivity index (χ2v) is 9.25. The predicted octanol–water partition coefficient (Wildman–Crippen LogP) is 1.61. The number of fused-ring (bicyclic) bond motifs is 3. The van der Waals surface area contributed by atoms with Crippen LogP contribution in [0.3, 0.4) is 0 Å². The highest BCUT2D eigenvalue weighted by molar-refractivity contribution is 5.94. The summed E-state index contributed by atoms with van der Waals surface area (Å²) in [5.41, 5.74) is 3.13. The number of nitrogens with zero attached hydrogens (tertiary/aromatic N) is 3. The van der Waals surface area contributed by atoms with Crippen LogP contribution in [0.1, 0.15) is 48.1 Å². The summed E-state index contributed by atoms with van der Waals surface area (Å²) in [6.07, 6.45) is 3.75. The first-order valence-electron chi connectivity index (χ1n) is 12.1. The number of benzene rings is 2. The van der Waals surface area contributed by atoms with E-state index in [1.165, 1.54) is 0 Å². The maximum absolute atomic E-state index is 13.5. The first kappa shape index (κ1) is 22.8. The molecule has 0 spiro atoms. The van der Waals surface area contributed by atoms with E-state index in [9.17, 15) is 9.59 Å². The van der Waals surface area contributed by atoms with Crippen molar-refractivity contribution in [1.29, 1.82) is 5.41 Å². The summed E-state index contributed by atoms with van der Waals surface area (Å²) in [6, 6.07) is 17.5. The van der Waals surface area contributed by atoms with Crippen molar-refractivity contribution in [3.8, 4) is 0 Å². The smallest absolute Gasteiger partial charge is 0.267 e. The lowest BCUT2D eigenvalue weighted by Gasteiger charge is -2.17. The van der Waals surface area contributed by atoms with E-state index in [2.05, 4.69) is 10.6 Å². The molecule has 2 heterocycles. The van der Waals surface area contributed by atoms with Crippen LogP contribution in [0, 0.1) is 5.41 Å². The Morgan fingerprint density at radius 1 is 1.11 bits per heavy atom. The van der Waals surface area contributed by atoms with Crippen molar-refractivity contribution >= 4 is 17.3 Å². The summed E-state index contributed by atoms with van der Waals surface area (Å²) in [4.78, 5) is 29.8. The SMILES string of the molecule is CC(=O)c1ccc(CCN/C(Nc2ccccc2)=c2/c(=O)n(C)c3n(c2=N)[C@H]2CCC[C@H]2N=3)cc1. The average Bonchev–Trinajstić information content (AvgIpc) is 3.45. The molecule has 2 aromatic carbocycles. The molecule has 1 fully saturated rings. The molecule has 180 valence electrons. The first-order valence-corrected chi connectivity index (χ1v) is 12.1. The number of aromatic nitrogens is 2. The van der Waals surface area contributed by atoms with Gasteiger partial charge >= 0.3 is 0 Å². The molecular weight excluding hydrogens is 440 g/mol. The van der Waals surface area contributed by atoms with Gasteiger partial charge in [0.2, 0.25) is 5.62 Å². The van der Waals surface area contributed by atoms with E-state index < -0.39 is 0 Å². The third-order valence-electron chi connectivity index (χ3n) is 6.94. The van der Waals surface area contributed by atoms with Crippen LogP contribution in [0.15, 0.2) is 64.4 Å². The molecule has 1 aromatic heterocycles. The molecular formula is C27H30N6O2. The number of anilines is 1. The van der Waals surface area contributed by atoms with Gasteiger partial charge in [0.25, 0.3) is 5.56 Å². The van der Waals surface area contributed by atoms with E-state index in [0.717, 1.165) is 30.5 Å². The molecule has 0 amide bonds. The normalized spacial score (nSPS) is 18.9. The van der Waals surface area contributed by atoms with E-state index >= 15 is 0 Å². The highest BCUT2D eigenvalue weighted by Gasteiger charge is 2.34. The van der Waals surface area contributed by atoms with E-state index in [0.29, 0.717) is 35.2 Å². The highest BCUT2D eigenvalue weighted by atomic mass is 16.1. The largest absolute Gasteiger partial charge is 0.371 e. The molecule has 3 N–H and O–H groups in total. The highest BCUT2D eigenvalue weighted by Crippen LogP contribution is 2.32. The van der Waals surface area contributed by atoms with Gasteiger partial charge in [-0.2, -0.15) is 0 Å². The monoisotopic (exact) mass is 470 g/mol. The van der Waals surface area contributed by atoms with Crippen LogP contribution in [-0.2, 0) is 13.5 Å². The molecule has 2 atom stereocenters. The summed E-state index contributed by atoms with van der Waals surface area (Å²) in [6.45, 7) is 2.11. The molecule has 1 saturated carbocycles. The van der Waals surface area contributed by atoms with Crippen LogP contribution in [0.2, 0.25) is 0 Å². The second kappa shape index (κ2) is 9.37. The van der Waals surface area contributed by atoms with Gasteiger partial charge in [0, 0.05) is 24.8 Å². The zero-order valence-electron chi connectivity index (χ0n) is 20.0. The van der Waals surface area contributed by atoms with E-state index in [-0.39, 0.29) is 28.9 Å². The van der Waals surface area contributed by atoms with Gasteiger partial charge in [-0.25, -0.2) is 4.99 Å². The Morgan fingerprint density at radius 2 is 1.86 bits per heavy atom. The van der Waals surface area contributed by atoms with E-state index in [4.69, 9.17) is 10.4 Å². The maximum Gasteiger partial charge on any atom is 0.267 e. The summed E-state index contributed by atoms with van der Waals surface area (Å²) < 4.78 is 3.50. The van der Waals surface area contributed by atoms with Crippen LogP contribution < -0.4 is 32.5 Å². The summed E-state index contributed by atoms with van der Waals surface area (Å²) in [5, 5.41) is 16.1. The molecule has 2 aliphatic rings. The predicted molar refractivity (Wildman–Crippen MR) is 135 cm³/mol. The van der Waals surface area contributed by atoms with Gasteiger partial charge < -0.3 is 10.6 Å². The van der Waals surface area contributed by atoms with Crippen LogP contribution in [0.25, 0.3) is 5.82 Å². The molecule has 1 aliphatic carbocycles. The number of para-hydroxylation sites is 1. The molecule has 3 aromatic rings. The van der Waals surface area contributed by atoms with Crippen LogP contribution in [0.4, 0.5) is 5.69 Å². The third-order valence-corrected chi connectivity index (χ3v) is 6.94. The standard InChI is InChI=1S/C27H30N6O2/c1-17(34)19-13-11-18(12-14-19)15-16-29-25(30-20-7-4-3-5-8-20)23-24(28)33-22-10-6-9-21(22)31-27(33)32(2)26(23)35/h3-5,7-8,11-14,21-22,28-30H,6,9-10,15-16H2,1-2H3/b25-23-,28-24?/t21-,22+/m1/s1. The van der Waals surface area contributed by atoms with Crippen LogP contribution >= 0.6 is 0 Å². The summed E-state index contributed by atoms with van der Waals surface area (Å²) >= 11 is 0. The Bertz CT molecular complexity index is 1500. The molecule has 1 aliphatic heterocycles. The number of ketones is 1. The van der Waals surface area contributed by atoms with Gasteiger partial charge in [0.05, 0.1) is 12.1 Å². The summed E-state index contributed by atoms with van der Waals surface area (Å²) in [7, 11) is 1.73. The minimum atomic E-state index is -0.248. The number of rotatable bonds is 7. The lowest BCUT2D eigenvalue weighted by atomic mass is 10.1. The van der Waals surface area contributed by atoms with Crippen molar-refractivity contribution < 1.29 is 4.79 Å². The van der Waals surface area contributed by atoms with Gasteiger partial charge in [-0.05, 0) is 50.3 Å². The Morgan fingerprint density at radius 3 is 2.57 bits per heavy atom. The number of carbonyl (C=O) groups is 1. The quantitative estimate of drug-likeness (QED) is 0.456. The third kappa shape index (κ3) is 4.32. The van der Waals surface area contributed by atoms with E-state index in [1.807, 2.05) is 59.2 Å². The zero-order chi connectivity index (χ0) is 24.5. The van der Waals surface area contributed by atoms with Gasteiger partial charge in [-0.15, -0.1) is 0 Å². The molecule has 5 rings (SSSR count). The molecule has 8 heteroatoms. The van der Waals surface area contributed by atoms with Crippen molar-refractivity contribution in [2.24, 2.45) is 12.0 Å². The van der Waals surface area contributed by atoms with Crippen molar-refractivity contribution in [2.45, 2.75) is 44.7 Å². The maximum atomic E-state index is 13.5. The van der Waals surface area contributed by atoms with Crippen LogP contribution in [0.5, 0.6) is 0 Å². The van der Waals surface area contributed by atoms with E-state index in [1.54, 1.807) is 18.5 Å². The van der Waals surface area contributed by atoms with Gasteiger partial charge in [0.15, 0.2) is 5.78 Å². The van der Waals surface area contributed by atoms with Crippen molar-refractivity contribution in [2.75, 3.05) is 11.9 Å². The number of nitrogens with one attached hydrogen (secondary N) is 3. The molecule has 0 saturated heterocycles. The minimum Gasteiger partial charge on any atom is -0.371 e. The van der Waals surface area contributed by atoms with Crippen molar-refractivity contribution in [3.63, 3.8) is 0 Å². The second-order valence-electron chi connectivity index (χ2n) is 9.25. The van der Waals surface area contributed by atoms with Crippen molar-refractivity contribution in [1.82, 2.24) is 14.5 Å². The molecule has 35 heavy (non-hydrogen) atoms. The average molecular weight is 471 g/mol. The topological polar surface area (TPSA) is 104 Å². The molecule has 0 unspecified atom stereocenters. The first-order chi connectivity index (χ1) is 16.9. The van der Waals surface area contributed by atoms with Crippen LogP contribution in [-0.4, -0.2) is 27.5 Å². The lowest BCUT2D eigenvalue weighted by molar-refractivity contribution is 0.101. The Kier molecular flexibility index (Phi) is 6.11. The fourth-order valence-electron chi connectivity index (χ4n) is 5.05. The van der Waals surface area contributed by atoms with Crippen molar-refractivity contribution in [3.05, 3.63) is 92.4 Å². The number of carbonyl (C=O) groups excluding carboxylic acids is 1. The van der Waals surface area contributed by atoms with Gasteiger partial charge in [-0.3, -0.25) is 24.1 Å². The Hall–Kier alpha value is -3.94. The minimum absolute atomic E-state index is 0.0431.